The molecule has 0 spiro atoms. The van der Waals surface area contributed by atoms with Gasteiger partial charge in [0, 0.05) is 25.3 Å². The maximum atomic E-state index is 13.3. The van der Waals surface area contributed by atoms with Gasteiger partial charge in [0.2, 0.25) is 0 Å². The van der Waals surface area contributed by atoms with Gasteiger partial charge in [-0.15, -0.1) is 5.10 Å². The number of aromatic amines is 1. The second-order valence-electron chi connectivity index (χ2n) is 10.7. The van der Waals surface area contributed by atoms with Gasteiger partial charge in [-0.05, 0) is 79.0 Å². The number of nitrogens with one attached hydrogen (secondary N) is 1. The summed E-state index contributed by atoms with van der Waals surface area (Å²) in [4.78, 5) is 18.9. The topological polar surface area (TPSA) is 88.9 Å². The number of benzene rings is 1. The Bertz CT molecular complexity index is 1220. The van der Waals surface area contributed by atoms with Crippen molar-refractivity contribution >= 4 is 10.9 Å². The number of H-pyrrole nitrogens is 1. The van der Waals surface area contributed by atoms with Crippen molar-refractivity contribution in [3.63, 3.8) is 0 Å². The largest absolute Gasteiger partial charge is 0.377 e. The van der Waals surface area contributed by atoms with E-state index in [2.05, 4.69) is 69.1 Å². The van der Waals surface area contributed by atoms with Crippen LogP contribution in [0.25, 0.3) is 10.9 Å². The Labute approximate surface area is 213 Å². The van der Waals surface area contributed by atoms with Crippen LogP contribution in [-0.4, -0.2) is 49.3 Å². The van der Waals surface area contributed by atoms with E-state index < -0.39 is 0 Å². The van der Waals surface area contributed by atoms with Crippen LogP contribution in [0.2, 0.25) is 0 Å². The fraction of sp³-hybridized carbons (Fsp3) is 0.643. The molecule has 2 aliphatic rings. The number of tetrazole rings is 1. The number of aryl methyl sites for hydroxylation is 2. The van der Waals surface area contributed by atoms with Crippen molar-refractivity contribution in [2.75, 3.05) is 13.2 Å². The summed E-state index contributed by atoms with van der Waals surface area (Å²) in [6.45, 7) is 8.48. The molecule has 2 atom stereocenters. The smallest absolute Gasteiger partial charge is 0.252 e. The first kappa shape index (κ1) is 25.1. The molecule has 1 aliphatic heterocycles. The molecule has 0 radical (unpaired) electrons. The minimum absolute atomic E-state index is 0.0179. The minimum atomic E-state index is -0.0179. The highest BCUT2D eigenvalue weighted by atomic mass is 16.5. The molecule has 194 valence electrons. The van der Waals surface area contributed by atoms with Crippen LogP contribution in [0.4, 0.5) is 0 Å². The highest BCUT2D eigenvalue weighted by Gasteiger charge is 2.32. The van der Waals surface area contributed by atoms with Gasteiger partial charge in [-0.25, -0.2) is 4.68 Å². The first-order valence-corrected chi connectivity index (χ1v) is 13.8. The van der Waals surface area contributed by atoms with Crippen LogP contribution in [0.1, 0.15) is 99.3 Å². The second-order valence-corrected chi connectivity index (χ2v) is 10.7. The third-order valence-corrected chi connectivity index (χ3v) is 8.20. The number of nitrogens with zero attached hydrogens (tertiary/aromatic N) is 5. The average Bonchev–Trinajstić information content (AvgIpc) is 3.58. The van der Waals surface area contributed by atoms with E-state index in [9.17, 15) is 4.79 Å². The normalized spacial score (nSPS) is 19.9. The average molecular weight is 493 g/mol. The predicted octanol–water partition coefficient (Wildman–Crippen LogP) is 5.16. The van der Waals surface area contributed by atoms with E-state index >= 15 is 0 Å². The molecule has 36 heavy (non-hydrogen) atoms. The fourth-order valence-electron chi connectivity index (χ4n) is 6.01. The summed E-state index contributed by atoms with van der Waals surface area (Å²) in [5.74, 6) is 0.936. The second kappa shape index (κ2) is 11.2. The van der Waals surface area contributed by atoms with Gasteiger partial charge in [-0.2, -0.15) is 0 Å². The monoisotopic (exact) mass is 492 g/mol. The van der Waals surface area contributed by atoms with Gasteiger partial charge in [0.25, 0.3) is 5.56 Å². The first-order chi connectivity index (χ1) is 17.5. The third kappa shape index (κ3) is 5.25. The molecule has 0 unspecified atom stereocenters. The molecule has 1 N–H and O–H groups in total. The SMILES string of the molecule is CCC[C@H](c1nnnn1C1CCCCC1)N(Cc1cc2ccc(C)c(C)c2[nH]c1=O)C[C@H]1CCCO1. The zero-order chi connectivity index (χ0) is 25.1. The van der Waals surface area contributed by atoms with E-state index in [4.69, 9.17) is 4.74 Å². The van der Waals surface area contributed by atoms with Crippen molar-refractivity contribution in [3.05, 3.63) is 51.1 Å². The fourth-order valence-corrected chi connectivity index (χ4v) is 6.01. The van der Waals surface area contributed by atoms with Crippen LogP contribution in [0, 0.1) is 13.8 Å². The molecule has 1 saturated heterocycles. The summed E-state index contributed by atoms with van der Waals surface area (Å²) < 4.78 is 8.15. The molecular weight excluding hydrogens is 452 g/mol. The van der Waals surface area contributed by atoms with Crippen molar-refractivity contribution in [1.29, 1.82) is 0 Å². The molecule has 2 aromatic heterocycles. The van der Waals surface area contributed by atoms with E-state index in [1.165, 1.54) is 24.8 Å². The number of rotatable bonds is 9. The van der Waals surface area contributed by atoms with E-state index in [1.807, 2.05) is 0 Å². The van der Waals surface area contributed by atoms with Gasteiger partial charge < -0.3 is 9.72 Å². The third-order valence-electron chi connectivity index (χ3n) is 8.20. The van der Waals surface area contributed by atoms with E-state index in [0.29, 0.717) is 12.6 Å². The molecular formula is C28H40N6O2. The molecule has 5 rings (SSSR count). The Morgan fingerprint density at radius 1 is 1.17 bits per heavy atom. The van der Waals surface area contributed by atoms with Crippen LogP contribution in [0.3, 0.4) is 0 Å². The maximum Gasteiger partial charge on any atom is 0.252 e. The summed E-state index contributed by atoms with van der Waals surface area (Å²) in [5, 5.41) is 14.3. The minimum Gasteiger partial charge on any atom is -0.377 e. The summed E-state index contributed by atoms with van der Waals surface area (Å²) >= 11 is 0. The zero-order valence-corrected chi connectivity index (χ0v) is 22.0. The van der Waals surface area contributed by atoms with Crippen LogP contribution in [0.5, 0.6) is 0 Å². The lowest BCUT2D eigenvalue weighted by molar-refractivity contribution is 0.0468. The van der Waals surface area contributed by atoms with Crippen LogP contribution < -0.4 is 5.56 Å². The summed E-state index contributed by atoms with van der Waals surface area (Å²) in [7, 11) is 0. The first-order valence-electron chi connectivity index (χ1n) is 13.8. The lowest BCUT2D eigenvalue weighted by atomic mass is 9.95. The lowest BCUT2D eigenvalue weighted by Crippen LogP contribution is -2.38. The quantitative estimate of drug-likeness (QED) is 0.444. The summed E-state index contributed by atoms with van der Waals surface area (Å²) in [5.41, 5.74) is 4.00. The van der Waals surface area contributed by atoms with Gasteiger partial charge in [-0.1, -0.05) is 44.7 Å². The number of hydrogen-bond donors (Lipinski definition) is 1. The Morgan fingerprint density at radius 2 is 2.00 bits per heavy atom. The van der Waals surface area contributed by atoms with Crippen molar-refractivity contribution in [2.45, 2.75) is 103 Å². The highest BCUT2D eigenvalue weighted by molar-refractivity contribution is 5.83. The van der Waals surface area contributed by atoms with E-state index in [0.717, 1.165) is 79.5 Å². The molecule has 8 nitrogen and oxygen atoms in total. The number of hydrogen-bond acceptors (Lipinski definition) is 6. The zero-order valence-electron chi connectivity index (χ0n) is 22.0. The van der Waals surface area contributed by atoms with Crippen LogP contribution >= 0.6 is 0 Å². The Balaban J connectivity index is 1.51. The molecule has 0 amide bonds. The Kier molecular flexibility index (Phi) is 7.82. The van der Waals surface area contributed by atoms with Gasteiger partial charge in [0.05, 0.1) is 23.7 Å². The Hall–Kier alpha value is -2.58. The molecule has 0 bridgehead atoms. The molecule has 3 heterocycles. The van der Waals surface area contributed by atoms with Crippen molar-refractivity contribution < 1.29 is 4.74 Å². The van der Waals surface area contributed by atoms with Crippen molar-refractivity contribution in [2.24, 2.45) is 0 Å². The number of fused-ring (bicyclic) bond motifs is 1. The number of ether oxygens (including phenoxy) is 1. The Morgan fingerprint density at radius 3 is 2.75 bits per heavy atom. The van der Waals surface area contributed by atoms with Gasteiger partial charge in [-0.3, -0.25) is 9.69 Å². The van der Waals surface area contributed by atoms with Crippen molar-refractivity contribution in [1.82, 2.24) is 30.1 Å². The van der Waals surface area contributed by atoms with E-state index in [-0.39, 0.29) is 17.7 Å². The summed E-state index contributed by atoms with van der Waals surface area (Å²) in [6, 6.07) is 6.70. The van der Waals surface area contributed by atoms with E-state index in [1.54, 1.807) is 0 Å². The van der Waals surface area contributed by atoms with Crippen molar-refractivity contribution in [3.8, 4) is 0 Å². The molecule has 1 aromatic carbocycles. The van der Waals surface area contributed by atoms with Gasteiger partial charge >= 0.3 is 0 Å². The molecule has 1 aliphatic carbocycles. The van der Waals surface area contributed by atoms with Gasteiger partial charge in [0.15, 0.2) is 5.82 Å². The molecule has 8 heteroatoms. The number of pyridine rings is 1. The standard InChI is InChI=1S/C28H40N6O2/c1-4-9-25(27-30-31-32-34(27)23-10-6-5-7-11-23)33(18-24-12-8-15-36-24)17-22-16-21-14-13-19(2)20(3)26(21)29-28(22)35/h13-14,16,23-25H,4-12,15,17-18H2,1-3H3,(H,29,35)/t24-,25-/m1/s1. The molecule has 2 fully saturated rings. The van der Waals surface area contributed by atoms with Crippen LogP contribution in [0.15, 0.2) is 23.0 Å². The maximum absolute atomic E-state index is 13.3. The molecule has 1 saturated carbocycles. The molecule has 3 aromatic rings. The number of aromatic nitrogens is 5. The summed E-state index contributed by atoms with van der Waals surface area (Å²) in [6.07, 6.45) is 10.3. The predicted molar refractivity (Wildman–Crippen MR) is 141 cm³/mol. The highest BCUT2D eigenvalue weighted by Crippen LogP contribution is 2.33. The van der Waals surface area contributed by atoms with Crippen LogP contribution in [-0.2, 0) is 11.3 Å². The lowest BCUT2D eigenvalue weighted by Gasteiger charge is -2.33. The van der Waals surface area contributed by atoms with Gasteiger partial charge in [0.1, 0.15) is 0 Å².